The second kappa shape index (κ2) is 5.15. The highest BCUT2D eigenvalue weighted by Gasteiger charge is 2.35. The van der Waals surface area contributed by atoms with Gasteiger partial charge in [0.2, 0.25) is 5.91 Å². The minimum Gasteiger partial charge on any atom is -0.785 e. The van der Waals surface area contributed by atoms with Crippen molar-refractivity contribution in [3.05, 3.63) is 5.21 Å². The molecule has 0 aromatic rings. The van der Waals surface area contributed by atoms with Gasteiger partial charge in [-0.15, -0.1) is 0 Å². The van der Waals surface area contributed by atoms with E-state index in [1.807, 2.05) is 18.7 Å². The van der Waals surface area contributed by atoms with Gasteiger partial charge in [-0.1, -0.05) is 0 Å². The molecule has 0 aliphatic carbocycles. The second-order valence-corrected chi connectivity index (χ2v) is 6.11. The Hall–Kier alpha value is -0.650. The number of piperidine rings is 2. The number of amides is 1. The molecular formula is C13H24N3O2-. The molecule has 0 aromatic heterocycles. The van der Waals surface area contributed by atoms with Crippen LogP contribution in [0.25, 0.3) is 0 Å². The van der Waals surface area contributed by atoms with E-state index < -0.39 is 0 Å². The molecule has 2 aliphatic heterocycles. The molecule has 0 spiro atoms. The van der Waals surface area contributed by atoms with Crippen LogP contribution in [-0.2, 0) is 4.79 Å². The molecule has 1 unspecified atom stereocenters. The molecule has 5 heteroatoms. The molecule has 1 amide bonds. The highest BCUT2D eigenvalue weighted by atomic mass is 16.5. The number of hydrogen-bond acceptors (Lipinski definition) is 4. The first kappa shape index (κ1) is 13.8. The van der Waals surface area contributed by atoms with Crippen molar-refractivity contribution >= 4 is 5.91 Å². The molecule has 2 saturated heterocycles. The molecule has 2 aliphatic rings. The lowest BCUT2D eigenvalue weighted by molar-refractivity contribution is -0.140. The second-order valence-electron chi connectivity index (χ2n) is 6.11. The first-order valence-electron chi connectivity index (χ1n) is 6.92. The van der Waals surface area contributed by atoms with E-state index in [2.05, 4.69) is 0 Å². The van der Waals surface area contributed by atoms with Gasteiger partial charge in [-0.2, -0.15) is 0 Å². The van der Waals surface area contributed by atoms with Crippen LogP contribution < -0.4 is 5.73 Å². The normalized spacial score (nSPS) is 33.4. The number of nitrogens with zero attached hydrogens (tertiary/aromatic N) is 2. The van der Waals surface area contributed by atoms with Gasteiger partial charge in [-0.3, -0.25) is 4.79 Å². The fourth-order valence-electron chi connectivity index (χ4n) is 2.91. The summed E-state index contributed by atoms with van der Waals surface area (Å²) in [5.74, 6) is 0.0249. The van der Waals surface area contributed by atoms with Crippen molar-refractivity contribution in [1.82, 2.24) is 9.96 Å². The third-order valence-electron chi connectivity index (χ3n) is 4.46. The van der Waals surface area contributed by atoms with E-state index in [0.717, 1.165) is 43.8 Å². The van der Waals surface area contributed by atoms with Crippen molar-refractivity contribution in [3.63, 3.8) is 0 Å². The van der Waals surface area contributed by atoms with Crippen LogP contribution in [0.15, 0.2) is 0 Å². The van der Waals surface area contributed by atoms with Crippen LogP contribution in [0.5, 0.6) is 0 Å². The van der Waals surface area contributed by atoms with Crippen molar-refractivity contribution in [1.29, 1.82) is 0 Å². The SMILES string of the molecule is CC1[C@@H](C(=O)N2CCC(C)(N)CC2)CCCN1[O-]. The third-order valence-corrected chi connectivity index (χ3v) is 4.46. The minimum atomic E-state index is -0.183. The fourth-order valence-corrected chi connectivity index (χ4v) is 2.91. The number of hydrogen-bond donors (Lipinski definition) is 1. The lowest BCUT2D eigenvalue weighted by Crippen LogP contribution is -2.54. The molecule has 2 rings (SSSR count). The van der Waals surface area contributed by atoms with E-state index in [9.17, 15) is 10.0 Å². The molecule has 0 aromatic carbocycles. The highest BCUT2D eigenvalue weighted by Crippen LogP contribution is 2.27. The summed E-state index contributed by atoms with van der Waals surface area (Å²) < 4.78 is 0. The Labute approximate surface area is 109 Å². The van der Waals surface area contributed by atoms with Crippen molar-refractivity contribution in [2.45, 2.75) is 51.1 Å². The summed E-state index contributed by atoms with van der Waals surface area (Å²) in [6, 6.07) is -0.183. The summed E-state index contributed by atoms with van der Waals surface area (Å²) in [6.07, 6.45) is 3.36. The molecule has 0 bridgehead atoms. The predicted molar refractivity (Wildman–Crippen MR) is 70.7 cm³/mol. The Kier molecular flexibility index (Phi) is 3.94. The topological polar surface area (TPSA) is 72.6 Å². The van der Waals surface area contributed by atoms with Crippen LogP contribution in [0.1, 0.15) is 39.5 Å². The number of hydroxylamine groups is 2. The van der Waals surface area contributed by atoms with Gasteiger partial charge in [0.25, 0.3) is 0 Å². The molecule has 5 nitrogen and oxygen atoms in total. The van der Waals surface area contributed by atoms with Crippen LogP contribution >= 0.6 is 0 Å². The Morgan fingerprint density at radius 2 is 1.94 bits per heavy atom. The van der Waals surface area contributed by atoms with Gasteiger partial charge in [0.1, 0.15) is 0 Å². The van der Waals surface area contributed by atoms with Crippen molar-refractivity contribution in [3.8, 4) is 0 Å². The molecule has 18 heavy (non-hydrogen) atoms. The molecule has 2 heterocycles. The number of carbonyl (C=O) groups excluding carboxylic acids is 1. The first-order chi connectivity index (χ1) is 8.41. The van der Waals surface area contributed by atoms with E-state index in [0.29, 0.717) is 6.54 Å². The summed E-state index contributed by atoms with van der Waals surface area (Å²) in [4.78, 5) is 14.3. The minimum absolute atomic E-state index is 0.126. The van der Waals surface area contributed by atoms with Gasteiger partial charge >= 0.3 is 0 Å². The lowest BCUT2D eigenvalue weighted by Gasteiger charge is -2.46. The third kappa shape index (κ3) is 2.84. The first-order valence-corrected chi connectivity index (χ1v) is 6.92. The van der Waals surface area contributed by atoms with E-state index in [4.69, 9.17) is 5.73 Å². The zero-order chi connectivity index (χ0) is 13.3. The van der Waals surface area contributed by atoms with Crippen LogP contribution in [0, 0.1) is 11.1 Å². The summed E-state index contributed by atoms with van der Waals surface area (Å²) in [7, 11) is 0. The van der Waals surface area contributed by atoms with Crippen LogP contribution in [0.3, 0.4) is 0 Å². The van der Waals surface area contributed by atoms with Gasteiger partial charge in [-0.25, -0.2) is 0 Å². The average molecular weight is 254 g/mol. The predicted octanol–water partition coefficient (Wildman–Crippen LogP) is 0.924. The summed E-state index contributed by atoms with van der Waals surface area (Å²) >= 11 is 0. The Morgan fingerprint density at radius 1 is 1.33 bits per heavy atom. The number of likely N-dealkylation sites (tertiary alicyclic amines) is 1. The summed E-state index contributed by atoms with van der Waals surface area (Å²) in [5, 5.41) is 12.7. The van der Waals surface area contributed by atoms with Crippen molar-refractivity contribution < 1.29 is 4.79 Å². The summed E-state index contributed by atoms with van der Waals surface area (Å²) in [5.41, 5.74) is 5.93. The largest absolute Gasteiger partial charge is 0.785 e. The van der Waals surface area contributed by atoms with E-state index in [-0.39, 0.29) is 23.4 Å². The molecule has 0 saturated carbocycles. The van der Waals surface area contributed by atoms with Crippen LogP contribution in [0.4, 0.5) is 0 Å². The lowest BCUT2D eigenvalue weighted by atomic mass is 9.87. The van der Waals surface area contributed by atoms with Crippen LogP contribution in [0.2, 0.25) is 0 Å². The van der Waals surface area contributed by atoms with Crippen LogP contribution in [-0.4, -0.2) is 47.1 Å². The monoisotopic (exact) mass is 254 g/mol. The zero-order valence-corrected chi connectivity index (χ0v) is 11.4. The molecule has 2 N–H and O–H groups in total. The van der Waals surface area contributed by atoms with Gasteiger partial charge in [-0.05, 0) is 46.1 Å². The van der Waals surface area contributed by atoms with Gasteiger partial charge in [0.15, 0.2) is 0 Å². The maximum atomic E-state index is 12.4. The molecule has 2 atom stereocenters. The maximum absolute atomic E-state index is 12.4. The quantitative estimate of drug-likeness (QED) is 0.755. The number of nitrogens with two attached hydrogens (primary N) is 1. The van der Waals surface area contributed by atoms with Gasteiger partial charge < -0.3 is 20.9 Å². The summed E-state index contributed by atoms with van der Waals surface area (Å²) in [6.45, 7) is 5.93. The molecule has 2 fully saturated rings. The van der Waals surface area contributed by atoms with Gasteiger partial charge in [0, 0.05) is 24.7 Å². The standard InChI is InChI=1S/C13H24N3O2/c1-10-11(4-3-7-16(10)18)12(17)15-8-5-13(2,14)6-9-15/h10-11H,3-9,14H2,1-2H3/q-1/t10?,11-/m0/s1. The van der Waals surface area contributed by atoms with Crippen molar-refractivity contribution in [2.75, 3.05) is 19.6 Å². The molecule has 104 valence electrons. The molecular weight excluding hydrogens is 230 g/mol. The van der Waals surface area contributed by atoms with E-state index in [1.165, 1.54) is 0 Å². The number of carbonyl (C=O) groups is 1. The smallest absolute Gasteiger partial charge is 0.227 e. The van der Waals surface area contributed by atoms with E-state index in [1.54, 1.807) is 0 Å². The maximum Gasteiger partial charge on any atom is 0.227 e. The van der Waals surface area contributed by atoms with E-state index >= 15 is 0 Å². The fraction of sp³-hybridized carbons (Fsp3) is 0.923. The van der Waals surface area contributed by atoms with Crippen molar-refractivity contribution in [2.24, 2.45) is 11.7 Å². The number of rotatable bonds is 1. The Balaban J connectivity index is 1.95. The Morgan fingerprint density at radius 3 is 2.56 bits per heavy atom. The average Bonchev–Trinajstić information content (AvgIpc) is 2.32. The highest BCUT2D eigenvalue weighted by molar-refractivity contribution is 5.79. The zero-order valence-electron chi connectivity index (χ0n) is 11.4. The van der Waals surface area contributed by atoms with Gasteiger partial charge in [0.05, 0.1) is 5.92 Å². The molecule has 0 radical (unpaired) electrons. The Bertz CT molecular complexity index is 309.